The molecule has 1 aromatic carbocycles. The molecule has 1 aliphatic carbocycles. The van der Waals surface area contributed by atoms with Crippen molar-refractivity contribution in [1.29, 1.82) is 0 Å². The quantitative estimate of drug-likeness (QED) is 0.494. The minimum atomic E-state index is -0.0790. The van der Waals surface area contributed by atoms with E-state index in [1.807, 2.05) is 12.1 Å². The van der Waals surface area contributed by atoms with Crippen LogP contribution in [-0.4, -0.2) is 34.8 Å². The molecule has 2 N–H and O–H groups in total. The number of benzene rings is 1. The summed E-state index contributed by atoms with van der Waals surface area (Å²) in [6, 6.07) is 7.14. The van der Waals surface area contributed by atoms with Crippen LogP contribution in [0.4, 0.5) is 0 Å². The first kappa shape index (κ1) is 21.2. The van der Waals surface area contributed by atoms with Gasteiger partial charge in [0.05, 0.1) is 23.4 Å². The summed E-state index contributed by atoms with van der Waals surface area (Å²) in [4.78, 5) is 34.2. The maximum absolute atomic E-state index is 12.5. The van der Waals surface area contributed by atoms with Gasteiger partial charge in [-0.2, -0.15) is 0 Å². The minimum absolute atomic E-state index is 0.0578. The Labute approximate surface area is 187 Å². The van der Waals surface area contributed by atoms with Gasteiger partial charge in [-0.1, -0.05) is 17.7 Å². The van der Waals surface area contributed by atoms with Crippen molar-refractivity contribution < 1.29 is 9.53 Å². The number of nitrogens with one attached hydrogen (secondary N) is 2. The van der Waals surface area contributed by atoms with E-state index in [1.165, 1.54) is 28.6 Å². The molecule has 4 rings (SSSR count). The highest BCUT2D eigenvalue weighted by molar-refractivity contribution is 7.99. The number of ether oxygens (including phenoxy) is 1. The standard InChI is InChI=1S/C21H22ClN3O3S2/c22-13-4-3-5-14(10-13)28-9-8-23-18(26)12-29-11-17-24-20(27)19-15-6-1-2-7-16(15)30-21(19)25-17/h3-5,10H,1-2,6-9,11-12H2,(H,23,26)(H,24,25,27). The average molecular weight is 464 g/mol. The number of halogens is 1. The number of hydrogen-bond acceptors (Lipinski definition) is 6. The SMILES string of the molecule is O=C(CSCc1nc2sc3c(c2c(=O)[nH]1)CCCC3)NCCOc1cccc(Cl)c1. The first-order valence-electron chi connectivity index (χ1n) is 9.86. The number of thioether (sulfide) groups is 1. The van der Waals surface area contributed by atoms with Crippen molar-refractivity contribution in [1.82, 2.24) is 15.3 Å². The number of rotatable bonds is 8. The molecule has 6 nitrogen and oxygen atoms in total. The normalized spacial score (nSPS) is 13.2. The highest BCUT2D eigenvalue weighted by Gasteiger charge is 2.19. The predicted octanol–water partition coefficient (Wildman–Crippen LogP) is 3.95. The summed E-state index contributed by atoms with van der Waals surface area (Å²) in [5, 5.41) is 4.20. The monoisotopic (exact) mass is 463 g/mol. The Kier molecular flexibility index (Phi) is 6.97. The lowest BCUT2D eigenvalue weighted by atomic mass is 9.97. The fourth-order valence-electron chi connectivity index (χ4n) is 3.48. The fourth-order valence-corrected chi connectivity index (χ4v) is 5.67. The molecule has 0 atom stereocenters. The zero-order valence-corrected chi connectivity index (χ0v) is 18.7. The molecule has 0 radical (unpaired) electrons. The Balaban J connectivity index is 1.23. The van der Waals surface area contributed by atoms with E-state index in [2.05, 4.69) is 15.3 Å². The minimum Gasteiger partial charge on any atom is -0.492 e. The number of fused-ring (bicyclic) bond motifs is 3. The van der Waals surface area contributed by atoms with E-state index in [0.29, 0.717) is 41.3 Å². The molecule has 2 aromatic heterocycles. The van der Waals surface area contributed by atoms with Crippen LogP contribution in [0.5, 0.6) is 5.75 Å². The Morgan fingerprint density at radius 1 is 1.33 bits per heavy atom. The van der Waals surface area contributed by atoms with Crippen LogP contribution in [0.1, 0.15) is 29.1 Å². The number of carbonyl (C=O) groups excluding carboxylic acids is 1. The number of nitrogens with zero attached hydrogens (tertiary/aromatic N) is 1. The first-order chi connectivity index (χ1) is 14.6. The molecule has 0 bridgehead atoms. The Morgan fingerprint density at radius 3 is 3.07 bits per heavy atom. The van der Waals surface area contributed by atoms with Crippen LogP contribution >= 0.6 is 34.7 Å². The van der Waals surface area contributed by atoms with E-state index in [4.69, 9.17) is 16.3 Å². The predicted molar refractivity (Wildman–Crippen MR) is 123 cm³/mol. The Bertz CT molecular complexity index is 1110. The zero-order chi connectivity index (χ0) is 20.9. The molecule has 0 aliphatic heterocycles. The summed E-state index contributed by atoms with van der Waals surface area (Å²) < 4.78 is 5.55. The van der Waals surface area contributed by atoms with Crippen molar-refractivity contribution >= 4 is 50.8 Å². The molecule has 1 amide bonds. The second kappa shape index (κ2) is 9.85. The van der Waals surface area contributed by atoms with Crippen LogP contribution in [-0.2, 0) is 23.4 Å². The average Bonchev–Trinajstić information content (AvgIpc) is 3.10. The zero-order valence-electron chi connectivity index (χ0n) is 16.3. The van der Waals surface area contributed by atoms with Gasteiger partial charge in [-0.3, -0.25) is 9.59 Å². The molecule has 0 saturated carbocycles. The van der Waals surface area contributed by atoms with E-state index in [9.17, 15) is 9.59 Å². The molecular weight excluding hydrogens is 442 g/mol. The number of carbonyl (C=O) groups is 1. The maximum Gasteiger partial charge on any atom is 0.259 e. The van der Waals surface area contributed by atoms with Gasteiger partial charge in [0.15, 0.2) is 0 Å². The summed E-state index contributed by atoms with van der Waals surface area (Å²) >= 11 is 8.97. The van der Waals surface area contributed by atoms with Gasteiger partial charge in [-0.05, 0) is 49.4 Å². The van der Waals surface area contributed by atoms with Crippen LogP contribution in [0.3, 0.4) is 0 Å². The lowest BCUT2D eigenvalue weighted by molar-refractivity contribution is -0.118. The molecule has 9 heteroatoms. The van der Waals surface area contributed by atoms with E-state index in [1.54, 1.807) is 23.5 Å². The smallest absolute Gasteiger partial charge is 0.259 e. The molecule has 2 heterocycles. The molecule has 1 aliphatic rings. The van der Waals surface area contributed by atoms with E-state index in [0.717, 1.165) is 29.5 Å². The third kappa shape index (κ3) is 5.17. The first-order valence-corrected chi connectivity index (χ1v) is 12.2. The van der Waals surface area contributed by atoms with Crippen molar-refractivity contribution in [3.05, 3.63) is 55.9 Å². The molecule has 3 aromatic rings. The molecule has 30 heavy (non-hydrogen) atoms. The van der Waals surface area contributed by atoms with Crippen molar-refractivity contribution in [2.75, 3.05) is 18.9 Å². The van der Waals surface area contributed by atoms with Gasteiger partial charge < -0.3 is 15.0 Å². The molecule has 158 valence electrons. The molecule has 0 spiro atoms. The molecule has 0 unspecified atom stereocenters. The van der Waals surface area contributed by atoms with Gasteiger partial charge in [-0.15, -0.1) is 23.1 Å². The number of amides is 1. The number of aromatic nitrogens is 2. The largest absolute Gasteiger partial charge is 0.492 e. The fraction of sp³-hybridized carbons (Fsp3) is 0.381. The van der Waals surface area contributed by atoms with E-state index < -0.39 is 0 Å². The highest BCUT2D eigenvalue weighted by atomic mass is 35.5. The summed E-state index contributed by atoms with van der Waals surface area (Å²) in [7, 11) is 0. The third-order valence-corrected chi connectivity index (χ3v) is 7.20. The summed E-state index contributed by atoms with van der Waals surface area (Å²) in [5.74, 6) is 1.99. The van der Waals surface area contributed by atoms with Crippen molar-refractivity contribution in [2.24, 2.45) is 0 Å². The van der Waals surface area contributed by atoms with Gasteiger partial charge in [0.25, 0.3) is 5.56 Å². The lowest BCUT2D eigenvalue weighted by Gasteiger charge is -2.09. The van der Waals surface area contributed by atoms with Crippen LogP contribution in [0, 0.1) is 0 Å². The lowest BCUT2D eigenvalue weighted by Crippen LogP contribution is -2.29. The maximum atomic E-state index is 12.5. The van der Waals surface area contributed by atoms with Gasteiger partial charge >= 0.3 is 0 Å². The van der Waals surface area contributed by atoms with Crippen LogP contribution in [0.2, 0.25) is 5.02 Å². The molecular formula is C21H22ClN3O3S2. The second-order valence-electron chi connectivity index (χ2n) is 7.05. The van der Waals surface area contributed by atoms with E-state index >= 15 is 0 Å². The number of H-pyrrole nitrogens is 1. The van der Waals surface area contributed by atoms with Crippen LogP contribution in [0.15, 0.2) is 29.1 Å². The van der Waals surface area contributed by atoms with Crippen molar-refractivity contribution in [3.63, 3.8) is 0 Å². The van der Waals surface area contributed by atoms with Crippen LogP contribution < -0.4 is 15.6 Å². The molecule has 0 saturated heterocycles. The van der Waals surface area contributed by atoms with Gasteiger partial charge in [0.2, 0.25) is 5.91 Å². The number of aryl methyl sites for hydroxylation is 2. The van der Waals surface area contributed by atoms with Crippen molar-refractivity contribution in [3.8, 4) is 5.75 Å². The molecule has 0 fully saturated rings. The highest BCUT2D eigenvalue weighted by Crippen LogP contribution is 2.33. The summed E-state index contributed by atoms with van der Waals surface area (Å²) in [6.07, 6.45) is 4.32. The van der Waals surface area contributed by atoms with E-state index in [-0.39, 0.29) is 11.5 Å². The number of aromatic amines is 1. The number of hydrogen-bond donors (Lipinski definition) is 2. The Morgan fingerprint density at radius 2 is 2.20 bits per heavy atom. The third-order valence-electron chi connectivity index (χ3n) is 4.84. The topological polar surface area (TPSA) is 84.1 Å². The van der Waals surface area contributed by atoms with Crippen molar-refractivity contribution in [2.45, 2.75) is 31.4 Å². The van der Waals surface area contributed by atoms with Crippen LogP contribution in [0.25, 0.3) is 10.2 Å². The summed E-state index contributed by atoms with van der Waals surface area (Å²) in [5.41, 5.74) is 1.13. The van der Waals surface area contributed by atoms with Gasteiger partial charge in [0, 0.05) is 9.90 Å². The van der Waals surface area contributed by atoms with Gasteiger partial charge in [-0.25, -0.2) is 4.98 Å². The summed E-state index contributed by atoms with van der Waals surface area (Å²) in [6.45, 7) is 0.777. The Hall–Kier alpha value is -2.03. The second-order valence-corrected chi connectivity index (χ2v) is 9.56. The number of thiophene rings is 1. The van der Waals surface area contributed by atoms with Gasteiger partial charge in [0.1, 0.15) is 23.0 Å².